The van der Waals surface area contributed by atoms with E-state index in [2.05, 4.69) is 6.92 Å². The van der Waals surface area contributed by atoms with Crippen LogP contribution in [0.2, 0.25) is 0 Å². The fraction of sp³-hybridized carbons (Fsp3) is 0.923. The minimum absolute atomic E-state index is 0.112. The molecule has 0 aromatic rings. The van der Waals surface area contributed by atoms with Gasteiger partial charge in [0.2, 0.25) is 0 Å². The maximum Gasteiger partial charge on any atom is 0.308 e. The fourth-order valence-corrected chi connectivity index (χ4v) is 1.66. The molecule has 1 aliphatic rings. The summed E-state index contributed by atoms with van der Waals surface area (Å²) in [5.74, 6) is 0.0514. The van der Waals surface area contributed by atoms with Crippen molar-refractivity contribution in [3.63, 3.8) is 0 Å². The minimum Gasteiger partial charge on any atom is -0.463 e. The van der Waals surface area contributed by atoms with Crippen molar-refractivity contribution in [2.45, 2.75) is 39.7 Å². The summed E-state index contributed by atoms with van der Waals surface area (Å²) in [5, 5.41) is 0. The Morgan fingerprint density at radius 2 is 2.11 bits per heavy atom. The zero-order chi connectivity index (χ0) is 13.4. The summed E-state index contributed by atoms with van der Waals surface area (Å²) < 4.78 is 10.2. The van der Waals surface area contributed by atoms with Gasteiger partial charge in [0.1, 0.15) is 12.7 Å². The van der Waals surface area contributed by atoms with Crippen molar-refractivity contribution in [1.29, 1.82) is 0 Å². The normalized spacial score (nSPS) is 21.4. The number of carbonyl (C=O) groups excluding carboxylic acids is 1. The second-order valence-electron chi connectivity index (χ2n) is 4.69. The van der Waals surface area contributed by atoms with Crippen molar-refractivity contribution >= 4 is 5.97 Å². The summed E-state index contributed by atoms with van der Waals surface area (Å²) in [7, 11) is 0. The molecule has 1 rings (SSSR count). The zero-order valence-corrected chi connectivity index (χ0v) is 11.5. The maximum absolute atomic E-state index is 11.7. The quantitative estimate of drug-likeness (QED) is 0.197. The Balaban J connectivity index is 2.16. The van der Waals surface area contributed by atoms with Crippen LogP contribution in [0.5, 0.6) is 0 Å². The molecule has 0 spiro atoms. The van der Waals surface area contributed by atoms with Crippen LogP contribution < -0.4 is 0 Å². The maximum atomic E-state index is 11.7. The van der Waals surface area contributed by atoms with Crippen molar-refractivity contribution < 1.29 is 24.0 Å². The first kappa shape index (κ1) is 15.4. The molecule has 1 saturated heterocycles. The molecule has 1 fully saturated rings. The number of hydrogen-bond donors (Lipinski definition) is 0. The lowest BCUT2D eigenvalue weighted by molar-refractivity contribution is -0.298. The van der Waals surface area contributed by atoms with Crippen molar-refractivity contribution in [2.75, 3.05) is 26.4 Å². The number of ether oxygens (including phenoxy) is 2. The van der Waals surface area contributed by atoms with Gasteiger partial charge in [-0.05, 0) is 19.3 Å². The molecule has 0 N–H and O–H groups in total. The van der Waals surface area contributed by atoms with Crippen LogP contribution >= 0.6 is 0 Å². The van der Waals surface area contributed by atoms with Crippen LogP contribution in [0.15, 0.2) is 0 Å². The molecule has 1 heterocycles. The van der Waals surface area contributed by atoms with Crippen molar-refractivity contribution in [2.24, 2.45) is 11.8 Å². The molecule has 0 aromatic carbocycles. The second kappa shape index (κ2) is 8.45. The highest BCUT2D eigenvalue weighted by molar-refractivity contribution is 5.72. The topological polar surface area (TPSA) is 57.3 Å². The second-order valence-corrected chi connectivity index (χ2v) is 4.69. The van der Waals surface area contributed by atoms with Gasteiger partial charge in [0.25, 0.3) is 0 Å². The fourth-order valence-electron chi connectivity index (χ4n) is 1.66. The molecule has 0 bridgehead atoms. The van der Waals surface area contributed by atoms with Crippen LogP contribution in [0.1, 0.15) is 33.6 Å². The molecule has 3 unspecified atom stereocenters. The molecule has 0 aromatic heterocycles. The Morgan fingerprint density at radius 1 is 1.39 bits per heavy atom. The number of esters is 1. The van der Waals surface area contributed by atoms with E-state index in [9.17, 15) is 4.79 Å². The summed E-state index contributed by atoms with van der Waals surface area (Å²) in [6, 6.07) is 0. The van der Waals surface area contributed by atoms with Crippen LogP contribution in [0.25, 0.3) is 0 Å². The van der Waals surface area contributed by atoms with Crippen LogP contribution in [0.4, 0.5) is 0 Å². The first-order valence-electron chi connectivity index (χ1n) is 6.70. The molecule has 0 aliphatic carbocycles. The molecule has 5 heteroatoms. The van der Waals surface area contributed by atoms with Crippen LogP contribution in [-0.2, 0) is 24.0 Å². The smallest absolute Gasteiger partial charge is 0.308 e. The highest BCUT2D eigenvalue weighted by atomic mass is 17.2. The summed E-state index contributed by atoms with van der Waals surface area (Å²) in [6.07, 6.45) is 1.84. The van der Waals surface area contributed by atoms with Crippen molar-refractivity contribution in [3.05, 3.63) is 0 Å². The van der Waals surface area contributed by atoms with Gasteiger partial charge in [-0.1, -0.05) is 20.3 Å². The zero-order valence-electron chi connectivity index (χ0n) is 11.5. The van der Waals surface area contributed by atoms with E-state index in [0.717, 1.165) is 12.8 Å². The van der Waals surface area contributed by atoms with E-state index >= 15 is 0 Å². The highest BCUT2D eigenvalue weighted by Crippen LogP contribution is 2.18. The first-order valence-corrected chi connectivity index (χ1v) is 6.70. The van der Waals surface area contributed by atoms with E-state index in [0.29, 0.717) is 32.3 Å². The van der Waals surface area contributed by atoms with Gasteiger partial charge in [0.05, 0.1) is 25.7 Å². The van der Waals surface area contributed by atoms with Crippen molar-refractivity contribution in [1.82, 2.24) is 0 Å². The van der Waals surface area contributed by atoms with Gasteiger partial charge >= 0.3 is 5.97 Å². The van der Waals surface area contributed by atoms with Crippen molar-refractivity contribution in [3.8, 4) is 0 Å². The Bertz CT molecular complexity index is 240. The Labute approximate surface area is 109 Å². The van der Waals surface area contributed by atoms with Gasteiger partial charge in [-0.2, -0.15) is 0 Å². The third-order valence-corrected chi connectivity index (χ3v) is 2.99. The average Bonchev–Trinajstić information content (AvgIpc) is 3.18. The number of epoxide rings is 1. The van der Waals surface area contributed by atoms with E-state index in [1.54, 1.807) is 0 Å². The predicted octanol–water partition coefficient (Wildman–Crippen LogP) is 1.95. The van der Waals surface area contributed by atoms with Crippen LogP contribution in [-0.4, -0.2) is 38.5 Å². The SMILES string of the molecule is CCOOCC(CC)CC(C)C(=O)OCC1CO1. The van der Waals surface area contributed by atoms with Gasteiger partial charge in [0.15, 0.2) is 0 Å². The molecule has 0 saturated carbocycles. The van der Waals surface area contributed by atoms with Gasteiger partial charge in [-0.15, -0.1) is 0 Å². The van der Waals surface area contributed by atoms with E-state index < -0.39 is 0 Å². The van der Waals surface area contributed by atoms with Gasteiger partial charge in [-0.3, -0.25) is 4.79 Å². The Kier molecular flexibility index (Phi) is 7.23. The monoisotopic (exact) mass is 260 g/mol. The van der Waals surface area contributed by atoms with E-state index in [-0.39, 0.29) is 18.0 Å². The van der Waals surface area contributed by atoms with Gasteiger partial charge in [-0.25, -0.2) is 9.78 Å². The highest BCUT2D eigenvalue weighted by Gasteiger charge is 2.26. The largest absolute Gasteiger partial charge is 0.463 e. The molecule has 1 aliphatic heterocycles. The molecule has 106 valence electrons. The molecule has 0 radical (unpaired) electrons. The first-order chi connectivity index (χ1) is 8.67. The van der Waals surface area contributed by atoms with E-state index in [4.69, 9.17) is 19.2 Å². The summed E-state index contributed by atoms with van der Waals surface area (Å²) in [6.45, 7) is 8.00. The number of carbonyl (C=O) groups is 1. The lowest BCUT2D eigenvalue weighted by atomic mass is 9.94. The van der Waals surface area contributed by atoms with Crippen LogP contribution in [0.3, 0.4) is 0 Å². The molecule has 0 amide bonds. The molecule has 18 heavy (non-hydrogen) atoms. The molecular weight excluding hydrogens is 236 g/mol. The number of hydrogen-bond acceptors (Lipinski definition) is 5. The molecule has 5 nitrogen and oxygen atoms in total. The molecule has 3 atom stereocenters. The third-order valence-electron chi connectivity index (χ3n) is 2.99. The molecular formula is C13H24O5. The Hall–Kier alpha value is -0.650. The number of rotatable bonds is 10. The third kappa shape index (κ3) is 6.33. The summed E-state index contributed by atoms with van der Waals surface area (Å²) in [5.41, 5.74) is 0. The predicted molar refractivity (Wildman–Crippen MR) is 65.8 cm³/mol. The lowest BCUT2D eigenvalue weighted by Crippen LogP contribution is -2.22. The average molecular weight is 260 g/mol. The minimum atomic E-state index is -0.152. The van der Waals surface area contributed by atoms with Gasteiger partial charge in [0, 0.05) is 0 Å². The lowest BCUT2D eigenvalue weighted by Gasteiger charge is -2.18. The summed E-state index contributed by atoms with van der Waals surface area (Å²) >= 11 is 0. The summed E-state index contributed by atoms with van der Waals surface area (Å²) in [4.78, 5) is 21.6. The standard InChI is InChI=1S/C13H24O5/c1-4-11(7-18-17-5-2)6-10(3)13(14)16-9-12-8-15-12/h10-12H,4-9H2,1-3H3. The van der Waals surface area contributed by atoms with E-state index in [1.807, 2.05) is 13.8 Å². The van der Waals surface area contributed by atoms with E-state index in [1.165, 1.54) is 0 Å². The van der Waals surface area contributed by atoms with Crippen LogP contribution in [0, 0.1) is 11.8 Å². The van der Waals surface area contributed by atoms with Gasteiger partial charge < -0.3 is 9.47 Å². The Morgan fingerprint density at radius 3 is 2.67 bits per heavy atom.